The van der Waals surface area contributed by atoms with Crippen LogP contribution in [0.1, 0.15) is 46.0 Å². The smallest absolute Gasteiger partial charge is 0.269 e. The summed E-state index contributed by atoms with van der Waals surface area (Å²) in [5.41, 5.74) is 1.74. The van der Waals surface area contributed by atoms with Crippen molar-refractivity contribution in [3.05, 3.63) is 153 Å². The number of carbonyl (C=O) groups excluding carboxylic acids is 3. The molecule has 60 heavy (non-hydrogen) atoms. The lowest BCUT2D eigenvalue weighted by Crippen LogP contribution is -2.48. The predicted octanol–water partition coefficient (Wildman–Crippen LogP) is 8.34. The fraction of sp³-hybridized carbons (Fsp3) is 0.283. The van der Waals surface area contributed by atoms with Crippen molar-refractivity contribution in [1.29, 1.82) is 0 Å². The lowest BCUT2D eigenvalue weighted by Gasteiger charge is -2.37. The number of aliphatic hydroxyl groups is 1. The van der Waals surface area contributed by atoms with Gasteiger partial charge in [-0.05, 0) is 78.7 Å². The summed E-state index contributed by atoms with van der Waals surface area (Å²) >= 11 is 0. The number of nitro benzene ring substituents is 1. The van der Waals surface area contributed by atoms with Gasteiger partial charge in [-0.25, -0.2) is 0 Å². The number of halogens is 1. The first-order chi connectivity index (χ1) is 28.8. The second-order valence-corrected chi connectivity index (χ2v) is 20.3. The summed E-state index contributed by atoms with van der Waals surface area (Å²) in [7, 11) is -3.71. The Kier molecular flexibility index (Phi) is 9.68. The van der Waals surface area contributed by atoms with Gasteiger partial charge in [-0.1, -0.05) is 67.6 Å². The zero-order valence-electron chi connectivity index (χ0n) is 33.3. The summed E-state index contributed by atoms with van der Waals surface area (Å²) < 4.78 is 29.7. The third-order valence-corrected chi connectivity index (χ3v) is 15.0. The Hall–Kier alpha value is -6.22. The average molecular weight is 827 g/mol. The molecule has 9 rings (SSSR count). The number of amides is 3. The Labute approximate surface area is 347 Å². The molecule has 1 fully saturated rings. The number of fused-ring (bicyclic) bond motifs is 5. The molecule has 5 aromatic carbocycles. The maximum absolute atomic E-state index is 16.7. The molecular weight excluding hydrogens is 784 g/mol. The van der Waals surface area contributed by atoms with Crippen LogP contribution >= 0.6 is 0 Å². The number of hydrogen-bond acceptors (Lipinski definition) is 8. The number of rotatable bonds is 8. The van der Waals surface area contributed by atoms with E-state index in [1.54, 1.807) is 71.3 Å². The number of aliphatic hydroxyl groups excluding tert-OH is 1. The molecule has 4 heterocycles. The van der Waals surface area contributed by atoms with Gasteiger partial charge in [0, 0.05) is 41.4 Å². The average Bonchev–Trinajstić information content (AvgIpc) is 3.61. The molecule has 306 valence electrons. The van der Waals surface area contributed by atoms with Crippen LogP contribution < -0.4 is 14.5 Å². The topological polar surface area (TPSA) is 143 Å². The maximum atomic E-state index is 16.7. The molecule has 0 unspecified atom stereocenters. The lowest BCUT2D eigenvalue weighted by atomic mass is 9.82. The molecule has 0 bridgehead atoms. The summed E-state index contributed by atoms with van der Waals surface area (Å²) in [5, 5.41) is 22.5. The molecule has 0 radical (unpaired) electrons. The van der Waals surface area contributed by atoms with Crippen molar-refractivity contribution in [1.82, 2.24) is 4.90 Å². The first-order valence-electron chi connectivity index (χ1n) is 20.0. The van der Waals surface area contributed by atoms with Crippen LogP contribution in [0.2, 0.25) is 18.6 Å². The number of nitro groups is 1. The van der Waals surface area contributed by atoms with Crippen LogP contribution in [-0.4, -0.2) is 59.8 Å². The number of anilines is 3. The van der Waals surface area contributed by atoms with Crippen LogP contribution in [0.5, 0.6) is 11.5 Å². The van der Waals surface area contributed by atoms with Gasteiger partial charge >= 0.3 is 0 Å². The van der Waals surface area contributed by atoms with Crippen molar-refractivity contribution >= 4 is 48.9 Å². The highest BCUT2D eigenvalue weighted by atomic mass is 28.4. The van der Waals surface area contributed by atoms with Crippen molar-refractivity contribution in [3.63, 3.8) is 0 Å². The van der Waals surface area contributed by atoms with Gasteiger partial charge in [-0.15, -0.1) is 0 Å². The minimum absolute atomic E-state index is 0.0118. The van der Waals surface area contributed by atoms with E-state index >= 15 is 8.90 Å². The highest BCUT2D eigenvalue weighted by molar-refractivity contribution is 6.72. The van der Waals surface area contributed by atoms with Gasteiger partial charge in [0.2, 0.25) is 14.3 Å². The van der Waals surface area contributed by atoms with E-state index in [0.717, 1.165) is 11.1 Å². The van der Waals surface area contributed by atoms with Crippen LogP contribution in [0.25, 0.3) is 0 Å². The molecule has 4 aliphatic heterocycles. The first-order valence-corrected chi connectivity index (χ1v) is 23.0. The number of non-ortho nitro benzene ring substituents is 1. The van der Waals surface area contributed by atoms with E-state index in [9.17, 15) is 24.8 Å². The maximum Gasteiger partial charge on any atom is 0.269 e. The molecular formula is C46H43FN4O8Si. The minimum atomic E-state index is -3.71. The van der Waals surface area contributed by atoms with Crippen molar-refractivity contribution in [2.45, 2.75) is 69.2 Å². The molecule has 0 aliphatic carbocycles. The van der Waals surface area contributed by atoms with Crippen LogP contribution in [-0.2, 0) is 39.4 Å². The number of hydrogen-bond donors (Lipinski definition) is 1. The molecule has 5 atom stereocenters. The van der Waals surface area contributed by atoms with E-state index < -0.39 is 48.4 Å². The SMILES string of the molecule is C[C@@H]1[C@@H]([Si](C)(C)F)[C@H](CC(=O)N2Cc3ccccc3C[C@H]2CO)O[C@@]12C(=O)N(Cc1cccc(N3C(=O)c4ccccc4Oc4ccccc43)c1)c1ccc([N+](=O)[O-])cc12. The van der Waals surface area contributed by atoms with E-state index in [2.05, 4.69) is 0 Å². The Morgan fingerprint density at radius 2 is 1.63 bits per heavy atom. The van der Waals surface area contributed by atoms with Gasteiger partial charge in [0.25, 0.3) is 17.5 Å². The molecule has 5 aromatic rings. The van der Waals surface area contributed by atoms with Gasteiger partial charge < -0.3 is 28.5 Å². The minimum Gasteiger partial charge on any atom is -0.454 e. The van der Waals surface area contributed by atoms with Crippen LogP contribution in [0, 0.1) is 16.0 Å². The summed E-state index contributed by atoms with van der Waals surface area (Å²) in [4.78, 5) is 60.0. The summed E-state index contributed by atoms with van der Waals surface area (Å²) in [6.07, 6.45) is -0.815. The molecule has 14 heteroatoms. The number of nitrogens with zero attached hydrogens (tertiary/aromatic N) is 4. The Morgan fingerprint density at radius 1 is 0.917 bits per heavy atom. The molecule has 3 amide bonds. The monoisotopic (exact) mass is 826 g/mol. The third-order valence-electron chi connectivity index (χ3n) is 12.6. The second kappa shape index (κ2) is 14.8. The summed E-state index contributed by atoms with van der Waals surface area (Å²) in [5.74, 6) is -1.07. The largest absolute Gasteiger partial charge is 0.454 e. The molecule has 1 saturated heterocycles. The molecule has 0 saturated carbocycles. The van der Waals surface area contributed by atoms with Gasteiger partial charge in [0.05, 0.1) is 53.6 Å². The second-order valence-electron chi connectivity index (χ2n) is 16.5. The zero-order chi connectivity index (χ0) is 42.1. The first kappa shape index (κ1) is 39.2. The molecule has 1 N–H and O–H groups in total. The van der Waals surface area contributed by atoms with Gasteiger partial charge in [-0.2, -0.15) is 0 Å². The fourth-order valence-electron chi connectivity index (χ4n) is 9.88. The van der Waals surface area contributed by atoms with Gasteiger partial charge in [-0.3, -0.25) is 29.4 Å². The number of ether oxygens (including phenoxy) is 2. The third kappa shape index (κ3) is 6.37. The van der Waals surface area contributed by atoms with Crippen LogP contribution in [0.4, 0.5) is 26.9 Å². The molecule has 0 aromatic heterocycles. The zero-order valence-corrected chi connectivity index (χ0v) is 34.3. The number of benzene rings is 5. The number of carbonyl (C=O) groups is 3. The highest BCUT2D eigenvalue weighted by Crippen LogP contribution is 2.61. The van der Waals surface area contributed by atoms with E-state index in [-0.39, 0.29) is 49.2 Å². The van der Waals surface area contributed by atoms with E-state index in [1.807, 2.05) is 42.5 Å². The highest BCUT2D eigenvalue weighted by Gasteiger charge is 2.67. The molecule has 1 spiro atoms. The van der Waals surface area contributed by atoms with E-state index in [0.29, 0.717) is 46.1 Å². The Bertz CT molecular complexity index is 2580. The Morgan fingerprint density at radius 3 is 2.38 bits per heavy atom. The van der Waals surface area contributed by atoms with Crippen molar-refractivity contribution in [2.75, 3.05) is 16.4 Å². The Balaban J connectivity index is 1.08. The standard InChI is InChI=1S/C46H43FN4O8Si/c1-28-43(60(2,3)47)41(24-42(53)48-26-31-13-5-4-12-30(31)22-34(48)27-52)59-46(28)36-23-33(51(56)57)19-20-37(36)49(45(46)55)25-29-11-10-14-32(21-29)50-38-16-7-9-18-40(38)58-39-17-8-6-15-35(39)44(50)54/h4-21,23,28,34,41,43,52H,22,24-27H2,1-3H3/t28-,34+,41+,43-,46+/m1/s1. The van der Waals surface area contributed by atoms with E-state index in [1.165, 1.54) is 36.2 Å². The fourth-order valence-corrected chi connectivity index (χ4v) is 12.4. The number of para-hydroxylation sites is 3. The van der Waals surface area contributed by atoms with Crippen LogP contribution in [0.15, 0.2) is 115 Å². The normalized spacial score (nSPS) is 23.1. The molecule has 12 nitrogen and oxygen atoms in total. The quantitative estimate of drug-likeness (QED) is 0.0713. The summed E-state index contributed by atoms with van der Waals surface area (Å²) in [6, 6.07) is 32.9. The van der Waals surface area contributed by atoms with Gasteiger partial charge in [0.15, 0.2) is 11.4 Å². The van der Waals surface area contributed by atoms with Crippen molar-refractivity contribution in [3.8, 4) is 11.5 Å². The van der Waals surface area contributed by atoms with Crippen molar-refractivity contribution < 1.29 is 38.0 Å². The predicted molar refractivity (Wildman–Crippen MR) is 224 cm³/mol. The van der Waals surface area contributed by atoms with Crippen molar-refractivity contribution in [2.24, 2.45) is 5.92 Å². The van der Waals surface area contributed by atoms with Crippen LogP contribution in [0.3, 0.4) is 0 Å². The summed E-state index contributed by atoms with van der Waals surface area (Å²) in [6.45, 7) is 4.80. The lowest BCUT2D eigenvalue weighted by molar-refractivity contribution is -0.385. The molecule has 4 aliphatic rings. The van der Waals surface area contributed by atoms with Gasteiger partial charge in [0.1, 0.15) is 5.75 Å². The van der Waals surface area contributed by atoms with E-state index in [4.69, 9.17) is 9.47 Å².